The first kappa shape index (κ1) is 27.6. The third kappa shape index (κ3) is 5.91. The van der Waals surface area contributed by atoms with Gasteiger partial charge in [0.15, 0.2) is 0 Å². The van der Waals surface area contributed by atoms with Crippen molar-refractivity contribution in [2.75, 3.05) is 38.5 Å². The number of hydrogen-bond donors (Lipinski definition) is 1. The van der Waals surface area contributed by atoms with Crippen LogP contribution in [0.5, 0.6) is 11.5 Å². The van der Waals surface area contributed by atoms with Crippen LogP contribution in [0.2, 0.25) is 0 Å². The van der Waals surface area contributed by atoms with Crippen molar-refractivity contribution < 1.29 is 9.53 Å². The number of ether oxygens (including phenoxy) is 1. The number of nitrogens with one attached hydrogen (secondary N) is 1. The predicted molar refractivity (Wildman–Crippen MR) is 167 cm³/mol. The average Bonchev–Trinajstić information content (AvgIpc) is 3.37. The monoisotopic (exact) mass is 560 g/mol. The Balaban J connectivity index is 1.21. The van der Waals surface area contributed by atoms with Crippen molar-refractivity contribution in [3.05, 3.63) is 102 Å². The summed E-state index contributed by atoms with van der Waals surface area (Å²) in [7, 11) is 4.13. The highest BCUT2D eigenvalue weighted by molar-refractivity contribution is 6.05. The molecule has 0 radical (unpaired) electrons. The molecule has 8 nitrogen and oxygen atoms in total. The van der Waals surface area contributed by atoms with E-state index in [2.05, 4.69) is 46.2 Å². The van der Waals surface area contributed by atoms with Gasteiger partial charge in [0.1, 0.15) is 17.1 Å². The number of fused-ring (bicyclic) bond motifs is 1. The Bertz CT molecular complexity index is 1740. The van der Waals surface area contributed by atoms with Gasteiger partial charge in [-0.3, -0.25) is 14.7 Å². The SMILES string of the molecule is Cc1cc(NC(=O)c2cc(Oc3cc(-c4ccncc4)nc4c3ccn4C)ccc2C)ccc1CN1CCN(C)CC1. The molecule has 1 aliphatic heterocycles. The van der Waals surface area contributed by atoms with Gasteiger partial charge in [-0.2, -0.15) is 0 Å². The van der Waals surface area contributed by atoms with Crippen molar-refractivity contribution in [2.45, 2.75) is 20.4 Å². The van der Waals surface area contributed by atoms with E-state index in [1.165, 1.54) is 11.1 Å². The summed E-state index contributed by atoms with van der Waals surface area (Å²) in [6, 6.07) is 19.6. The van der Waals surface area contributed by atoms with Gasteiger partial charge in [0.05, 0.1) is 11.1 Å². The number of amides is 1. The zero-order chi connectivity index (χ0) is 29.2. The van der Waals surface area contributed by atoms with Gasteiger partial charge in [-0.15, -0.1) is 0 Å². The van der Waals surface area contributed by atoms with E-state index < -0.39 is 0 Å². The van der Waals surface area contributed by atoms with Gasteiger partial charge in [-0.25, -0.2) is 4.98 Å². The van der Waals surface area contributed by atoms with Crippen molar-refractivity contribution >= 4 is 22.6 Å². The molecule has 1 amide bonds. The summed E-state index contributed by atoms with van der Waals surface area (Å²) >= 11 is 0. The highest BCUT2D eigenvalue weighted by Crippen LogP contribution is 2.34. The minimum atomic E-state index is -0.166. The molecule has 8 heteroatoms. The Morgan fingerprint density at radius 2 is 1.69 bits per heavy atom. The minimum Gasteiger partial charge on any atom is -0.456 e. The molecular formula is C34H36N6O2. The molecule has 0 saturated carbocycles. The summed E-state index contributed by atoms with van der Waals surface area (Å²) < 4.78 is 8.39. The molecule has 1 N–H and O–H groups in total. The van der Waals surface area contributed by atoms with Gasteiger partial charge in [0.25, 0.3) is 5.91 Å². The molecule has 1 fully saturated rings. The predicted octanol–water partition coefficient (Wildman–Crippen LogP) is 6.04. The van der Waals surface area contributed by atoms with Gasteiger partial charge in [-0.1, -0.05) is 12.1 Å². The lowest BCUT2D eigenvalue weighted by molar-refractivity contribution is 0.102. The molecule has 0 aliphatic carbocycles. The number of anilines is 1. The van der Waals surface area contributed by atoms with E-state index >= 15 is 0 Å². The van der Waals surface area contributed by atoms with Gasteiger partial charge >= 0.3 is 0 Å². The zero-order valence-electron chi connectivity index (χ0n) is 24.6. The lowest BCUT2D eigenvalue weighted by atomic mass is 10.1. The molecule has 0 bridgehead atoms. The number of likely N-dealkylation sites (N-methyl/N-ethyl adjacent to an activating group) is 1. The van der Waals surface area contributed by atoms with Crippen molar-refractivity contribution in [3.8, 4) is 22.8 Å². The van der Waals surface area contributed by atoms with E-state index in [4.69, 9.17) is 9.72 Å². The molecule has 1 aliphatic rings. The maximum Gasteiger partial charge on any atom is 0.256 e. The van der Waals surface area contributed by atoms with Crippen LogP contribution >= 0.6 is 0 Å². The number of rotatable bonds is 7. The normalized spacial score (nSPS) is 14.3. The Morgan fingerprint density at radius 3 is 2.45 bits per heavy atom. The molecule has 42 heavy (non-hydrogen) atoms. The topological polar surface area (TPSA) is 75.5 Å². The van der Waals surface area contributed by atoms with Gasteiger partial charge in [-0.05, 0) is 80.1 Å². The van der Waals surface area contributed by atoms with Crippen LogP contribution < -0.4 is 10.1 Å². The molecule has 0 unspecified atom stereocenters. The number of nitrogens with zero attached hydrogens (tertiary/aromatic N) is 5. The summed E-state index contributed by atoms with van der Waals surface area (Å²) in [6.45, 7) is 9.32. The van der Waals surface area contributed by atoms with Crippen LogP contribution in [0.3, 0.4) is 0 Å². The van der Waals surface area contributed by atoms with Crippen molar-refractivity contribution in [3.63, 3.8) is 0 Å². The number of aromatic nitrogens is 3. The average molecular weight is 561 g/mol. The Kier molecular flexibility index (Phi) is 7.73. The van der Waals surface area contributed by atoms with Crippen LogP contribution in [0.4, 0.5) is 5.69 Å². The van der Waals surface area contributed by atoms with Crippen LogP contribution in [0, 0.1) is 13.8 Å². The van der Waals surface area contributed by atoms with Crippen LogP contribution in [0.15, 0.2) is 79.3 Å². The van der Waals surface area contributed by atoms with E-state index in [0.29, 0.717) is 17.1 Å². The van der Waals surface area contributed by atoms with E-state index in [-0.39, 0.29) is 5.91 Å². The van der Waals surface area contributed by atoms with E-state index in [1.54, 1.807) is 18.5 Å². The lowest BCUT2D eigenvalue weighted by Gasteiger charge is -2.32. The van der Waals surface area contributed by atoms with E-state index in [9.17, 15) is 4.79 Å². The van der Waals surface area contributed by atoms with Crippen molar-refractivity contribution in [1.29, 1.82) is 0 Å². The van der Waals surface area contributed by atoms with Gasteiger partial charge < -0.3 is 19.5 Å². The molecule has 214 valence electrons. The maximum atomic E-state index is 13.4. The molecule has 6 rings (SSSR count). The Labute approximate surface area is 246 Å². The third-order valence-electron chi connectivity index (χ3n) is 8.05. The van der Waals surface area contributed by atoms with E-state index in [0.717, 1.165) is 66.3 Å². The molecule has 0 spiro atoms. The number of benzene rings is 2. The molecular weight excluding hydrogens is 524 g/mol. The summed E-state index contributed by atoms with van der Waals surface area (Å²) in [6.07, 6.45) is 5.47. The highest BCUT2D eigenvalue weighted by atomic mass is 16.5. The zero-order valence-corrected chi connectivity index (χ0v) is 24.6. The third-order valence-corrected chi connectivity index (χ3v) is 8.05. The molecule has 0 atom stereocenters. The standard InChI is InChI=1S/C34H36N6O2/c1-23-5-8-28(42-32-21-31(25-9-12-35-13-10-25)37-33-29(32)11-14-39(33)4)20-30(23)34(41)36-27-7-6-26(24(2)19-27)22-40-17-15-38(3)16-18-40/h5-14,19-21H,15-18,22H2,1-4H3,(H,36,41). The number of pyridine rings is 2. The van der Waals surface area contributed by atoms with Crippen molar-refractivity contribution in [1.82, 2.24) is 24.3 Å². The van der Waals surface area contributed by atoms with Crippen LogP contribution in [0.25, 0.3) is 22.3 Å². The van der Waals surface area contributed by atoms with Gasteiger partial charge in [0.2, 0.25) is 0 Å². The second-order valence-corrected chi connectivity index (χ2v) is 11.2. The summed E-state index contributed by atoms with van der Waals surface area (Å²) in [5.41, 5.74) is 7.25. The Hall–Kier alpha value is -4.53. The van der Waals surface area contributed by atoms with Crippen molar-refractivity contribution in [2.24, 2.45) is 7.05 Å². The molecule has 5 aromatic rings. The summed E-state index contributed by atoms with van der Waals surface area (Å²) in [5, 5.41) is 3.99. The smallest absolute Gasteiger partial charge is 0.256 e. The highest BCUT2D eigenvalue weighted by Gasteiger charge is 2.17. The minimum absolute atomic E-state index is 0.166. The summed E-state index contributed by atoms with van der Waals surface area (Å²) in [4.78, 5) is 27.3. The summed E-state index contributed by atoms with van der Waals surface area (Å²) in [5.74, 6) is 1.09. The fourth-order valence-corrected chi connectivity index (χ4v) is 5.39. The largest absolute Gasteiger partial charge is 0.456 e. The van der Waals surface area contributed by atoms with E-state index in [1.807, 2.05) is 67.2 Å². The molecule has 2 aromatic carbocycles. The number of hydrogen-bond acceptors (Lipinski definition) is 6. The first-order valence-corrected chi connectivity index (χ1v) is 14.3. The number of carbonyl (C=O) groups is 1. The first-order valence-electron chi connectivity index (χ1n) is 14.3. The second-order valence-electron chi connectivity index (χ2n) is 11.2. The van der Waals surface area contributed by atoms with Crippen LogP contribution in [-0.4, -0.2) is 63.5 Å². The number of carbonyl (C=O) groups excluding carboxylic acids is 1. The fourth-order valence-electron chi connectivity index (χ4n) is 5.39. The molecule has 1 saturated heterocycles. The van der Waals surface area contributed by atoms with Crippen LogP contribution in [-0.2, 0) is 13.6 Å². The maximum absolute atomic E-state index is 13.4. The second kappa shape index (κ2) is 11.8. The number of piperazine rings is 1. The van der Waals surface area contributed by atoms with Crippen LogP contribution in [0.1, 0.15) is 27.0 Å². The molecule has 3 aromatic heterocycles. The van der Waals surface area contributed by atoms with Gasteiger partial charge in [0, 0.05) is 81.2 Å². The first-order chi connectivity index (χ1) is 20.3. The lowest BCUT2D eigenvalue weighted by Crippen LogP contribution is -2.43. The Morgan fingerprint density at radius 1 is 0.905 bits per heavy atom. The molecule has 4 heterocycles. The quantitative estimate of drug-likeness (QED) is 0.261. The number of aryl methyl sites for hydroxylation is 3. The fraction of sp³-hybridized carbons (Fsp3) is 0.265.